The SMILES string of the molecule is C#CCCCON(C(=O)C(NC(=O)[C@@]1(C)CCCN1CCO[Si](C)(C)C(C)(C)C)C(C)CC)C(CC(OC(C)=O)c1nc(C(=O)Oc2c(F)c(F)c(F)c(F)c2F)cs1)C(C)C. The maximum absolute atomic E-state index is 14.9. The molecule has 2 heterocycles. The molecule has 2 aromatic rings. The molecule has 19 heteroatoms. The smallest absolute Gasteiger partial charge is 0.363 e. The first-order valence-electron chi connectivity index (χ1n) is 20.8. The lowest BCUT2D eigenvalue weighted by molar-refractivity contribution is -0.213. The van der Waals surface area contributed by atoms with Gasteiger partial charge in [-0.25, -0.2) is 28.0 Å². The predicted octanol–water partition coefficient (Wildman–Crippen LogP) is 8.66. The van der Waals surface area contributed by atoms with Gasteiger partial charge in [0, 0.05) is 38.3 Å². The minimum atomic E-state index is -2.43. The van der Waals surface area contributed by atoms with Crippen LogP contribution in [-0.4, -0.2) is 90.9 Å². The number of hydrogen-bond donors (Lipinski definition) is 1. The van der Waals surface area contributed by atoms with Crippen molar-refractivity contribution in [1.29, 1.82) is 0 Å². The molecule has 1 aromatic carbocycles. The molecule has 0 aliphatic carbocycles. The second-order valence-electron chi connectivity index (χ2n) is 17.6. The van der Waals surface area contributed by atoms with E-state index in [1.165, 1.54) is 5.06 Å². The van der Waals surface area contributed by atoms with E-state index in [0.29, 0.717) is 45.4 Å². The Morgan fingerprint density at radius 1 is 1.05 bits per heavy atom. The Bertz CT molecular complexity index is 1930. The number of halogens is 5. The largest absolute Gasteiger partial charge is 0.455 e. The van der Waals surface area contributed by atoms with Crippen LogP contribution in [0.5, 0.6) is 5.75 Å². The van der Waals surface area contributed by atoms with Crippen LogP contribution in [-0.2, 0) is 28.4 Å². The molecule has 12 nitrogen and oxygen atoms in total. The van der Waals surface area contributed by atoms with Crippen molar-refractivity contribution in [2.24, 2.45) is 11.8 Å². The van der Waals surface area contributed by atoms with Gasteiger partial charge in [0.25, 0.3) is 5.91 Å². The summed E-state index contributed by atoms with van der Waals surface area (Å²) in [6, 6.07) is -1.92. The number of carbonyl (C=O) groups is 4. The van der Waals surface area contributed by atoms with Crippen molar-refractivity contribution >= 4 is 43.4 Å². The quantitative estimate of drug-likeness (QED) is 0.0149. The Morgan fingerprint density at radius 3 is 2.21 bits per heavy atom. The van der Waals surface area contributed by atoms with Crippen molar-refractivity contribution in [2.75, 3.05) is 26.3 Å². The second-order valence-corrected chi connectivity index (χ2v) is 23.3. The van der Waals surface area contributed by atoms with Gasteiger partial charge in [-0.05, 0) is 62.7 Å². The molecule has 1 N–H and O–H groups in total. The van der Waals surface area contributed by atoms with Crippen molar-refractivity contribution in [3.05, 3.63) is 45.2 Å². The average Bonchev–Trinajstić information content (AvgIpc) is 3.85. The van der Waals surface area contributed by atoms with Crippen molar-refractivity contribution < 1.29 is 59.9 Å². The molecule has 0 radical (unpaired) electrons. The summed E-state index contributed by atoms with van der Waals surface area (Å²) in [5.74, 6) is -15.0. The van der Waals surface area contributed by atoms with Crippen molar-refractivity contribution in [2.45, 2.75) is 143 Å². The number of amides is 2. The molecule has 346 valence electrons. The van der Waals surface area contributed by atoms with E-state index in [4.69, 9.17) is 20.4 Å². The molecule has 62 heavy (non-hydrogen) atoms. The minimum absolute atomic E-state index is 0.0160. The monoisotopic (exact) mass is 916 g/mol. The summed E-state index contributed by atoms with van der Waals surface area (Å²) in [6.45, 7) is 22.9. The van der Waals surface area contributed by atoms with Crippen LogP contribution in [0.3, 0.4) is 0 Å². The third-order valence-corrected chi connectivity index (χ3v) is 17.3. The van der Waals surface area contributed by atoms with Gasteiger partial charge in [-0.3, -0.25) is 24.1 Å². The number of benzene rings is 1. The van der Waals surface area contributed by atoms with Crippen LogP contribution < -0.4 is 10.1 Å². The van der Waals surface area contributed by atoms with Gasteiger partial charge in [-0.2, -0.15) is 8.78 Å². The molecule has 1 aliphatic rings. The average molecular weight is 917 g/mol. The highest BCUT2D eigenvalue weighted by molar-refractivity contribution is 7.09. The van der Waals surface area contributed by atoms with E-state index in [0.717, 1.165) is 30.1 Å². The zero-order chi connectivity index (χ0) is 46.9. The molecule has 1 saturated heterocycles. The van der Waals surface area contributed by atoms with Gasteiger partial charge < -0.3 is 19.2 Å². The molecule has 0 saturated carbocycles. The van der Waals surface area contributed by atoms with Crippen LogP contribution in [0.1, 0.15) is 122 Å². The predicted molar refractivity (Wildman–Crippen MR) is 226 cm³/mol. The first-order valence-corrected chi connectivity index (χ1v) is 24.6. The van der Waals surface area contributed by atoms with E-state index in [-0.39, 0.29) is 40.8 Å². The van der Waals surface area contributed by atoms with E-state index in [2.05, 4.69) is 59.7 Å². The maximum atomic E-state index is 14.9. The van der Waals surface area contributed by atoms with Crippen LogP contribution >= 0.6 is 11.3 Å². The number of aromatic nitrogens is 1. The second kappa shape index (κ2) is 22.1. The van der Waals surface area contributed by atoms with Gasteiger partial charge in [-0.15, -0.1) is 23.7 Å². The third-order valence-electron chi connectivity index (χ3n) is 11.8. The van der Waals surface area contributed by atoms with Gasteiger partial charge >= 0.3 is 11.9 Å². The Kier molecular flexibility index (Phi) is 18.7. The molecule has 1 aliphatic heterocycles. The van der Waals surface area contributed by atoms with Crippen molar-refractivity contribution in [3.63, 3.8) is 0 Å². The van der Waals surface area contributed by atoms with E-state index in [1.54, 1.807) is 13.8 Å². The number of likely N-dealkylation sites (tertiary alicyclic amines) is 1. The number of terminal acetylenes is 1. The zero-order valence-corrected chi connectivity index (χ0v) is 39.3. The van der Waals surface area contributed by atoms with Gasteiger partial charge in [0.05, 0.1) is 18.2 Å². The Hall–Kier alpha value is -3.96. The fourth-order valence-corrected chi connectivity index (χ4v) is 8.51. The van der Waals surface area contributed by atoms with Gasteiger partial charge in [0.2, 0.25) is 40.7 Å². The van der Waals surface area contributed by atoms with E-state index < -0.39 is 90.4 Å². The molecule has 2 amide bonds. The number of nitrogens with zero attached hydrogens (tertiary/aromatic N) is 3. The van der Waals surface area contributed by atoms with Crippen LogP contribution in [0.2, 0.25) is 18.1 Å². The number of esters is 2. The lowest BCUT2D eigenvalue weighted by Crippen LogP contribution is -2.61. The number of hydroxylamine groups is 2. The molecule has 4 unspecified atom stereocenters. The standard InChI is InChI=1S/C43H61F5N4O8SSi/c1-13-15-16-21-57-52(39(54)36(26(5)14-2)50-41(56)43(10)18-17-19-51(43)20-22-58-62(11,12)42(7,8)9)29(25(3)4)23-30(59-27(6)53)38-49-28(24-61-38)40(55)60-37-34(47)32(45)31(44)33(46)35(37)48/h1,24-26,29-30,36H,14-23H2,2-12H3,(H,50,56)/t26?,29?,30?,36?,43-/m1/s1. The highest BCUT2D eigenvalue weighted by Crippen LogP contribution is 2.38. The molecular formula is C43H61F5N4O8SSi. The van der Waals surface area contributed by atoms with Crippen LogP contribution in [0.4, 0.5) is 22.0 Å². The summed E-state index contributed by atoms with van der Waals surface area (Å²) in [5.41, 5.74) is -1.52. The summed E-state index contributed by atoms with van der Waals surface area (Å²) in [6.07, 6.45) is 6.65. The normalized spacial score (nSPS) is 17.9. The van der Waals surface area contributed by atoms with Crippen LogP contribution in [0.15, 0.2) is 5.38 Å². The zero-order valence-electron chi connectivity index (χ0n) is 37.5. The highest BCUT2D eigenvalue weighted by Gasteiger charge is 2.47. The fourth-order valence-electron chi connectivity index (χ4n) is 6.65. The Balaban J connectivity index is 1.96. The molecule has 0 spiro atoms. The van der Waals surface area contributed by atoms with Crippen molar-refractivity contribution in [1.82, 2.24) is 20.3 Å². The number of unbranched alkanes of at least 4 members (excludes halogenated alkanes) is 1. The van der Waals surface area contributed by atoms with E-state index in [9.17, 15) is 41.1 Å². The minimum Gasteiger partial charge on any atom is -0.455 e. The summed E-state index contributed by atoms with van der Waals surface area (Å²) in [7, 11) is -2.04. The third kappa shape index (κ3) is 12.6. The maximum Gasteiger partial charge on any atom is 0.363 e. The number of rotatable bonds is 21. The lowest BCUT2D eigenvalue weighted by Gasteiger charge is -2.40. The highest BCUT2D eigenvalue weighted by atomic mass is 32.1. The van der Waals surface area contributed by atoms with E-state index >= 15 is 0 Å². The lowest BCUT2D eigenvalue weighted by atomic mass is 9.92. The van der Waals surface area contributed by atoms with Crippen LogP contribution in [0.25, 0.3) is 0 Å². The topological polar surface area (TPSA) is 137 Å². The first-order chi connectivity index (χ1) is 28.8. The Morgan fingerprint density at radius 2 is 1.66 bits per heavy atom. The summed E-state index contributed by atoms with van der Waals surface area (Å²) >= 11 is 0.779. The molecule has 0 bridgehead atoms. The van der Waals surface area contributed by atoms with Crippen molar-refractivity contribution in [3.8, 4) is 18.1 Å². The van der Waals surface area contributed by atoms with Gasteiger partial charge in [0.15, 0.2) is 20.1 Å². The number of thiazole rings is 1. The van der Waals surface area contributed by atoms with E-state index in [1.807, 2.05) is 20.8 Å². The Labute approximate surface area is 366 Å². The number of carbonyl (C=O) groups excluding carboxylic acids is 4. The summed E-state index contributed by atoms with van der Waals surface area (Å²) in [5, 5.41) is 5.34. The molecule has 5 atom stereocenters. The molecule has 3 rings (SSSR count). The van der Waals surface area contributed by atoms with Crippen LogP contribution in [0, 0.1) is 53.3 Å². The van der Waals surface area contributed by atoms with Gasteiger partial charge in [0.1, 0.15) is 11.0 Å². The fraction of sp³-hybridized carbons (Fsp3) is 0.651. The summed E-state index contributed by atoms with van der Waals surface area (Å²) < 4.78 is 86.5. The summed E-state index contributed by atoms with van der Waals surface area (Å²) in [4.78, 5) is 67.1. The molecular weight excluding hydrogens is 856 g/mol. The number of hydrogen-bond acceptors (Lipinski definition) is 11. The molecule has 1 aromatic heterocycles. The number of nitrogens with one attached hydrogen (secondary N) is 1. The van der Waals surface area contributed by atoms with Gasteiger partial charge in [-0.1, -0.05) is 54.9 Å². The first kappa shape index (κ1) is 52.4. The molecule has 1 fully saturated rings. The number of ether oxygens (including phenoxy) is 2.